The Hall–Kier alpha value is -1.27. The van der Waals surface area contributed by atoms with Crippen molar-refractivity contribution in [1.29, 1.82) is 5.26 Å². The van der Waals surface area contributed by atoms with Crippen molar-refractivity contribution in [3.05, 3.63) is 29.8 Å². The summed E-state index contributed by atoms with van der Waals surface area (Å²) in [5.74, 6) is 0.730. The van der Waals surface area contributed by atoms with E-state index in [1.165, 1.54) is 0 Å². The highest BCUT2D eigenvalue weighted by Gasteiger charge is 2.28. The molecule has 0 aliphatic carbocycles. The van der Waals surface area contributed by atoms with E-state index in [0.717, 1.165) is 11.3 Å². The second kappa shape index (κ2) is 5.37. The summed E-state index contributed by atoms with van der Waals surface area (Å²) < 4.78 is 5.87. The third-order valence-corrected chi connectivity index (χ3v) is 3.17. The zero-order valence-corrected chi connectivity index (χ0v) is 12.2. The molecular formula is C14H20NOSi. The lowest BCUT2D eigenvalue weighted by Crippen LogP contribution is -2.19. The number of para-hydroxylation sites is 1. The maximum absolute atomic E-state index is 9.38. The third kappa shape index (κ3) is 3.60. The minimum atomic E-state index is -0.804. The van der Waals surface area contributed by atoms with Crippen molar-refractivity contribution in [2.24, 2.45) is 5.41 Å². The number of nitriles is 1. The van der Waals surface area contributed by atoms with Crippen LogP contribution in [0.2, 0.25) is 13.1 Å². The van der Waals surface area contributed by atoms with Gasteiger partial charge in [-0.15, -0.1) is 0 Å². The lowest BCUT2D eigenvalue weighted by Gasteiger charge is -2.27. The van der Waals surface area contributed by atoms with Crippen LogP contribution in [0.15, 0.2) is 24.3 Å². The molecule has 0 N–H and O–H groups in total. The molecule has 2 nitrogen and oxygen atoms in total. The first-order valence-corrected chi connectivity index (χ1v) is 8.23. The zero-order valence-electron chi connectivity index (χ0n) is 11.2. The molecule has 0 spiro atoms. The third-order valence-electron chi connectivity index (χ3n) is 2.54. The molecule has 0 bridgehead atoms. The Kier molecular flexibility index (Phi) is 4.36. The zero-order chi connectivity index (χ0) is 13.1. The van der Waals surface area contributed by atoms with Crippen LogP contribution in [0.5, 0.6) is 5.75 Å². The summed E-state index contributed by atoms with van der Waals surface area (Å²) in [4.78, 5) is 0. The highest BCUT2D eigenvalue weighted by molar-refractivity contribution is 6.49. The highest BCUT2D eigenvalue weighted by Crippen LogP contribution is 2.38. The second-order valence-electron chi connectivity index (χ2n) is 5.48. The smallest absolute Gasteiger partial charge is 0.274 e. The van der Waals surface area contributed by atoms with Crippen molar-refractivity contribution in [2.75, 3.05) is 0 Å². The maximum Gasteiger partial charge on any atom is 0.274 e. The summed E-state index contributed by atoms with van der Waals surface area (Å²) in [6, 6.07) is 10.3. The molecule has 1 aromatic carbocycles. The molecule has 1 atom stereocenters. The Bertz CT molecular complexity index is 415. The van der Waals surface area contributed by atoms with Gasteiger partial charge in [-0.1, -0.05) is 39.0 Å². The number of nitrogens with zero attached hydrogens (tertiary/aromatic N) is 1. The van der Waals surface area contributed by atoms with E-state index in [-0.39, 0.29) is 11.3 Å². The van der Waals surface area contributed by atoms with Crippen molar-refractivity contribution in [3.8, 4) is 11.8 Å². The molecule has 91 valence electrons. The molecule has 0 saturated carbocycles. The monoisotopic (exact) mass is 246 g/mol. The molecule has 17 heavy (non-hydrogen) atoms. The minimum absolute atomic E-state index is 0.0808. The first-order valence-electron chi connectivity index (χ1n) is 5.83. The number of hydrogen-bond acceptors (Lipinski definition) is 2. The molecule has 0 saturated heterocycles. The van der Waals surface area contributed by atoms with E-state index in [9.17, 15) is 5.26 Å². The molecule has 0 heterocycles. The van der Waals surface area contributed by atoms with Gasteiger partial charge in [0.1, 0.15) is 5.75 Å². The van der Waals surface area contributed by atoms with Crippen LogP contribution in [0.4, 0.5) is 0 Å². The van der Waals surface area contributed by atoms with Gasteiger partial charge < -0.3 is 4.43 Å². The maximum atomic E-state index is 9.38. The highest BCUT2D eigenvalue weighted by atomic mass is 28.3. The lowest BCUT2D eigenvalue weighted by molar-refractivity contribution is 0.367. The fraction of sp³-hybridized carbons (Fsp3) is 0.500. The van der Waals surface area contributed by atoms with Gasteiger partial charge in [-0.3, -0.25) is 0 Å². The average molecular weight is 246 g/mol. The largest absolute Gasteiger partial charge is 0.542 e. The summed E-state index contributed by atoms with van der Waals surface area (Å²) in [5, 5.41) is 9.38. The molecule has 1 unspecified atom stereocenters. The van der Waals surface area contributed by atoms with Gasteiger partial charge in [0.2, 0.25) is 0 Å². The molecule has 3 heteroatoms. The molecule has 0 aliphatic heterocycles. The minimum Gasteiger partial charge on any atom is -0.542 e. The summed E-state index contributed by atoms with van der Waals surface area (Å²) >= 11 is 0. The number of rotatable bonds is 3. The van der Waals surface area contributed by atoms with Crippen molar-refractivity contribution in [3.63, 3.8) is 0 Å². The van der Waals surface area contributed by atoms with Gasteiger partial charge >= 0.3 is 0 Å². The molecule has 1 aromatic rings. The summed E-state index contributed by atoms with van der Waals surface area (Å²) in [6.07, 6.45) is 0. The molecule has 1 radical (unpaired) electrons. The van der Waals surface area contributed by atoms with Crippen LogP contribution in [0, 0.1) is 16.7 Å². The predicted octanol–water partition coefficient (Wildman–Crippen LogP) is 3.97. The fourth-order valence-corrected chi connectivity index (χ4v) is 2.39. The van der Waals surface area contributed by atoms with Gasteiger partial charge in [0.15, 0.2) is 0 Å². The van der Waals surface area contributed by atoms with Crippen LogP contribution >= 0.6 is 0 Å². The summed E-state index contributed by atoms with van der Waals surface area (Å²) in [7, 11) is -0.804. The van der Waals surface area contributed by atoms with Crippen molar-refractivity contribution in [2.45, 2.75) is 39.8 Å². The van der Waals surface area contributed by atoms with E-state index in [2.05, 4.69) is 39.9 Å². The van der Waals surface area contributed by atoms with Gasteiger partial charge in [-0.2, -0.15) is 5.26 Å². The standard InChI is InChI=1S/C14H20NOSi/c1-14(2,3)12(10-15)11-8-6-7-9-13(11)16-17(4)5/h6-9,12H,1-5H3. The topological polar surface area (TPSA) is 33.0 Å². The first-order chi connectivity index (χ1) is 7.86. The number of hydrogen-bond donors (Lipinski definition) is 0. The first kappa shape index (κ1) is 13.8. The second-order valence-corrected chi connectivity index (χ2v) is 7.50. The van der Waals surface area contributed by atoms with Gasteiger partial charge in [-0.25, -0.2) is 0 Å². The van der Waals surface area contributed by atoms with Gasteiger partial charge in [-0.05, 0) is 24.6 Å². The van der Waals surface area contributed by atoms with Gasteiger partial charge in [0.05, 0.1) is 12.0 Å². The van der Waals surface area contributed by atoms with Crippen LogP contribution < -0.4 is 4.43 Å². The van der Waals surface area contributed by atoms with Crippen LogP contribution in [0.25, 0.3) is 0 Å². The Morgan fingerprint density at radius 1 is 1.24 bits per heavy atom. The average Bonchev–Trinajstić information content (AvgIpc) is 2.18. The molecule has 1 rings (SSSR count). The molecule has 0 fully saturated rings. The van der Waals surface area contributed by atoms with Crippen molar-refractivity contribution < 1.29 is 4.43 Å². The normalized spacial score (nSPS) is 13.2. The molecule has 0 aliphatic rings. The molecule has 0 aromatic heterocycles. The van der Waals surface area contributed by atoms with Crippen LogP contribution in [0.3, 0.4) is 0 Å². The van der Waals surface area contributed by atoms with E-state index in [1.807, 2.05) is 24.3 Å². The van der Waals surface area contributed by atoms with E-state index >= 15 is 0 Å². The SMILES string of the molecule is C[Si](C)Oc1ccccc1C(C#N)C(C)(C)C. The summed E-state index contributed by atoms with van der Waals surface area (Å²) in [6.45, 7) is 10.4. The fourth-order valence-electron chi connectivity index (χ4n) is 1.76. The van der Waals surface area contributed by atoms with Crippen LogP contribution in [-0.4, -0.2) is 9.04 Å². The van der Waals surface area contributed by atoms with Gasteiger partial charge in [0, 0.05) is 5.56 Å². The van der Waals surface area contributed by atoms with E-state index in [0.29, 0.717) is 0 Å². The lowest BCUT2D eigenvalue weighted by atomic mass is 9.77. The van der Waals surface area contributed by atoms with Crippen LogP contribution in [-0.2, 0) is 0 Å². The predicted molar refractivity (Wildman–Crippen MR) is 72.4 cm³/mol. The number of benzene rings is 1. The Morgan fingerprint density at radius 3 is 2.29 bits per heavy atom. The van der Waals surface area contributed by atoms with Crippen molar-refractivity contribution in [1.82, 2.24) is 0 Å². The quantitative estimate of drug-likeness (QED) is 0.756. The Balaban J connectivity index is 3.16. The molecule has 0 amide bonds. The van der Waals surface area contributed by atoms with Crippen molar-refractivity contribution >= 4 is 9.04 Å². The van der Waals surface area contributed by atoms with Crippen LogP contribution in [0.1, 0.15) is 32.3 Å². The summed E-state index contributed by atoms with van der Waals surface area (Å²) in [5.41, 5.74) is 0.927. The van der Waals surface area contributed by atoms with E-state index < -0.39 is 9.04 Å². The Labute approximate surface area is 106 Å². The van der Waals surface area contributed by atoms with Gasteiger partial charge in [0.25, 0.3) is 9.04 Å². The van der Waals surface area contributed by atoms with E-state index in [4.69, 9.17) is 4.43 Å². The van der Waals surface area contributed by atoms with E-state index in [1.54, 1.807) is 0 Å². The molecular weight excluding hydrogens is 226 g/mol. The Morgan fingerprint density at radius 2 is 1.82 bits per heavy atom.